The molecular weight excluding hydrogens is 202 g/mol. The highest BCUT2D eigenvalue weighted by atomic mass is 16.5. The van der Waals surface area contributed by atoms with Crippen molar-refractivity contribution >= 4 is 5.91 Å². The smallest absolute Gasteiger partial charge is 0.220 e. The summed E-state index contributed by atoms with van der Waals surface area (Å²) in [7, 11) is 1.68. The monoisotopic (exact) mass is 221 g/mol. The molecule has 3 heteroatoms. The molecule has 88 valence electrons. The van der Waals surface area contributed by atoms with Gasteiger partial charge in [0, 0.05) is 20.1 Å². The van der Waals surface area contributed by atoms with Crippen LogP contribution in [-0.4, -0.2) is 13.0 Å². The SMILES string of the molecule is CCCC(=O)NCc1ccc(COC)cc1. The van der Waals surface area contributed by atoms with Crippen molar-refractivity contribution in [3.8, 4) is 0 Å². The maximum Gasteiger partial charge on any atom is 0.220 e. The highest BCUT2D eigenvalue weighted by Gasteiger charge is 1.99. The maximum atomic E-state index is 11.3. The zero-order valence-corrected chi connectivity index (χ0v) is 9.95. The maximum absolute atomic E-state index is 11.3. The van der Waals surface area contributed by atoms with Gasteiger partial charge in [-0.3, -0.25) is 4.79 Å². The van der Waals surface area contributed by atoms with Crippen LogP contribution in [0.25, 0.3) is 0 Å². The second-order valence-corrected chi connectivity index (χ2v) is 3.78. The Hall–Kier alpha value is -1.35. The van der Waals surface area contributed by atoms with Crippen LogP contribution in [-0.2, 0) is 22.7 Å². The summed E-state index contributed by atoms with van der Waals surface area (Å²) in [4.78, 5) is 11.3. The number of carbonyl (C=O) groups is 1. The number of nitrogens with one attached hydrogen (secondary N) is 1. The molecule has 1 aromatic carbocycles. The normalized spacial score (nSPS) is 10.1. The van der Waals surface area contributed by atoms with Crippen LogP contribution in [0.15, 0.2) is 24.3 Å². The van der Waals surface area contributed by atoms with E-state index in [1.165, 1.54) is 0 Å². The Labute approximate surface area is 96.8 Å². The minimum Gasteiger partial charge on any atom is -0.380 e. The van der Waals surface area contributed by atoms with Crippen LogP contribution in [0.4, 0.5) is 0 Å². The number of hydrogen-bond acceptors (Lipinski definition) is 2. The first-order chi connectivity index (χ1) is 7.76. The average molecular weight is 221 g/mol. The van der Waals surface area contributed by atoms with Crippen LogP contribution in [0.2, 0.25) is 0 Å². The Balaban J connectivity index is 2.40. The van der Waals surface area contributed by atoms with E-state index in [4.69, 9.17) is 4.74 Å². The Kier molecular flexibility index (Phi) is 5.57. The van der Waals surface area contributed by atoms with Crippen molar-refractivity contribution in [1.29, 1.82) is 0 Å². The molecule has 1 N–H and O–H groups in total. The molecule has 3 nitrogen and oxygen atoms in total. The third-order valence-electron chi connectivity index (χ3n) is 2.30. The van der Waals surface area contributed by atoms with Crippen molar-refractivity contribution < 1.29 is 9.53 Å². The van der Waals surface area contributed by atoms with Gasteiger partial charge in [0.2, 0.25) is 5.91 Å². The van der Waals surface area contributed by atoms with Crippen LogP contribution in [0.5, 0.6) is 0 Å². The third-order valence-corrected chi connectivity index (χ3v) is 2.30. The van der Waals surface area contributed by atoms with Crippen molar-refractivity contribution in [2.75, 3.05) is 7.11 Å². The van der Waals surface area contributed by atoms with Gasteiger partial charge in [-0.15, -0.1) is 0 Å². The molecule has 0 aromatic heterocycles. The van der Waals surface area contributed by atoms with E-state index in [9.17, 15) is 4.79 Å². The van der Waals surface area contributed by atoms with Gasteiger partial charge in [-0.05, 0) is 17.5 Å². The first-order valence-electron chi connectivity index (χ1n) is 5.59. The van der Waals surface area contributed by atoms with Crippen molar-refractivity contribution in [3.05, 3.63) is 35.4 Å². The van der Waals surface area contributed by atoms with E-state index >= 15 is 0 Å². The fourth-order valence-electron chi connectivity index (χ4n) is 1.44. The number of methoxy groups -OCH3 is 1. The Morgan fingerprint density at radius 3 is 2.44 bits per heavy atom. The predicted octanol–water partition coefficient (Wildman–Crippen LogP) is 2.25. The van der Waals surface area contributed by atoms with Crippen LogP contribution in [0.1, 0.15) is 30.9 Å². The molecular formula is C13H19NO2. The van der Waals surface area contributed by atoms with Gasteiger partial charge in [0.1, 0.15) is 0 Å². The summed E-state index contributed by atoms with van der Waals surface area (Å²) in [6, 6.07) is 8.07. The van der Waals surface area contributed by atoms with Gasteiger partial charge in [0.25, 0.3) is 0 Å². The topological polar surface area (TPSA) is 38.3 Å². The number of amides is 1. The van der Waals surface area contributed by atoms with E-state index in [-0.39, 0.29) is 5.91 Å². The highest BCUT2D eigenvalue weighted by Crippen LogP contribution is 2.05. The van der Waals surface area contributed by atoms with Gasteiger partial charge in [-0.25, -0.2) is 0 Å². The summed E-state index contributed by atoms with van der Waals surface area (Å²) in [6.07, 6.45) is 1.49. The lowest BCUT2D eigenvalue weighted by molar-refractivity contribution is -0.121. The Morgan fingerprint density at radius 1 is 1.25 bits per heavy atom. The molecule has 0 fully saturated rings. The molecule has 0 aliphatic heterocycles. The van der Waals surface area contributed by atoms with Crippen molar-refractivity contribution in [1.82, 2.24) is 5.32 Å². The quantitative estimate of drug-likeness (QED) is 0.800. The van der Waals surface area contributed by atoms with Gasteiger partial charge in [-0.2, -0.15) is 0 Å². The standard InChI is InChI=1S/C13H19NO2/c1-3-4-13(15)14-9-11-5-7-12(8-6-11)10-16-2/h5-8H,3-4,9-10H2,1-2H3,(H,14,15). The van der Waals surface area contributed by atoms with Gasteiger partial charge in [0.05, 0.1) is 6.61 Å². The molecule has 0 heterocycles. The summed E-state index contributed by atoms with van der Waals surface area (Å²) in [6.45, 7) is 3.23. The second-order valence-electron chi connectivity index (χ2n) is 3.78. The molecule has 0 bridgehead atoms. The molecule has 0 unspecified atom stereocenters. The molecule has 0 radical (unpaired) electrons. The summed E-state index contributed by atoms with van der Waals surface area (Å²) in [5, 5.41) is 2.88. The highest BCUT2D eigenvalue weighted by molar-refractivity contribution is 5.75. The lowest BCUT2D eigenvalue weighted by Crippen LogP contribution is -2.21. The fourth-order valence-corrected chi connectivity index (χ4v) is 1.44. The first-order valence-corrected chi connectivity index (χ1v) is 5.59. The zero-order valence-electron chi connectivity index (χ0n) is 9.95. The van der Waals surface area contributed by atoms with E-state index in [1.54, 1.807) is 7.11 Å². The van der Waals surface area contributed by atoms with Crippen LogP contribution < -0.4 is 5.32 Å². The molecule has 0 aliphatic carbocycles. The van der Waals surface area contributed by atoms with Crippen molar-refractivity contribution in [2.24, 2.45) is 0 Å². The van der Waals surface area contributed by atoms with Crippen LogP contribution >= 0.6 is 0 Å². The number of hydrogen-bond donors (Lipinski definition) is 1. The first kappa shape index (κ1) is 12.7. The fraction of sp³-hybridized carbons (Fsp3) is 0.462. The van der Waals surface area contributed by atoms with Crippen LogP contribution in [0.3, 0.4) is 0 Å². The van der Waals surface area contributed by atoms with Crippen molar-refractivity contribution in [2.45, 2.75) is 32.9 Å². The molecule has 0 aliphatic rings. The molecule has 0 spiro atoms. The molecule has 0 atom stereocenters. The van der Waals surface area contributed by atoms with Gasteiger partial charge >= 0.3 is 0 Å². The van der Waals surface area contributed by atoms with Gasteiger partial charge in [-0.1, -0.05) is 31.2 Å². The van der Waals surface area contributed by atoms with E-state index in [1.807, 2.05) is 31.2 Å². The molecule has 0 saturated heterocycles. The number of ether oxygens (including phenoxy) is 1. The lowest BCUT2D eigenvalue weighted by atomic mass is 10.1. The lowest BCUT2D eigenvalue weighted by Gasteiger charge is -2.05. The van der Waals surface area contributed by atoms with Gasteiger partial charge < -0.3 is 10.1 Å². The van der Waals surface area contributed by atoms with E-state index in [0.717, 1.165) is 17.5 Å². The third kappa shape index (κ3) is 4.45. The Morgan fingerprint density at radius 2 is 1.88 bits per heavy atom. The molecule has 16 heavy (non-hydrogen) atoms. The molecule has 0 saturated carbocycles. The van der Waals surface area contributed by atoms with E-state index in [2.05, 4.69) is 5.32 Å². The second kappa shape index (κ2) is 7.01. The minimum atomic E-state index is 0.114. The summed E-state index contributed by atoms with van der Waals surface area (Å²) in [5.41, 5.74) is 2.26. The average Bonchev–Trinajstić information content (AvgIpc) is 2.29. The minimum absolute atomic E-state index is 0.114. The predicted molar refractivity (Wildman–Crippen MR) is 63.9 cm³/mol. The number of rotatable bonds is 6. The molecule has 1 amide bonds. The summed E-state index contributed by atoms with van der Waals surface area (Å²) < 4.78 is 5.03. The molecule has 1 rings (SSSR count). The molecule has 1 aromatic rings. The zero-order chi connectivity index (χ0) is 11.8. The van der Waals surface area contributed by atoms with Crippen LogP contribution in [0, 0.1) is 0 Å². The number of carbonyl (C=O) groups excluding carboxylic acids is 1. The van der Waals surface area contributed by atoms with Crippen molar-refractivity contribution in [3.63, 3.8) is 0 Å². The summed E-state index contributed by atoms with van der Waals surface area (Å²) >= 11 is 0. The Bertz CT molecular complexity index is 319. The van der Waals surface area contributed by atoms with Gasteiger partial charge in [0.15, 0.2) is 0 Å². The largest absolute Gasteiger partial charge is 0.380 e. The number of benzene rings is 1. The van der Waals surface area contributed by atoms with E-state index < -0.39 is 0 Å². The summed E-state index contributed by atoms with van der Waals surface area (Å²) in [5.74, 6) is 0.114. The van der Waals surface area contributed by atoms with E-state index in [0.29, 0.717) is 19.6 Å².